The van der Waals surface area contributed by atoms with Gasteiger partial charge in [-0.05, 0) is 36.7 Å². The Balaban J connectivity index is 2.30. The predicted octanol–water partition coefficient (Wildman–Crippen LogP) is 3.41. The molecule has 1 N–H and O–H groups in total. The summed E-state index contributed by atoms with van der Waals surface area (Å²) in [5, 5.41) is 7.22. The van der Waals surface area contributed by atoms with Crippen molar-refractivity contribution in [2.45, 2.75) is 20.3 Å². The average Bonchev–Trinajstić information content (AvgIpc) is 2.79. The molecule has 102 valence electrons. The maximum atomic E-state index is 5.33. The van der Waals surface area contributed by atoms with Gasteiger partial charge < -0.3 is 4.90 Å². The first kappa shape index (κ1) is 13.8. The zero-order chi connectivity index (χ0) is 13.8. The normalized spacial score (nSPS) is 10.9. The highest BCUT2D eigenvalue weighted by Crippen LogP contribution is 2.17. The van der Waals surface area contributed by atoms with Crippen LogP contribution in [-0.2, 0) is 0 Å². The van der Waals surface area contributed by atoms with E-state index in [9.17, 15) is 0 Å². The quantitative estimate of drug-likeness (QED) is 0.850. The Morgan fingerprint density at radius 3 is 2.63 bits per heavy atom. The highest BCUT2D eigenvalue weighted by molar-refractivity contribution is 7.71. The number of aromatic amines is 1. The Labute approximate surface area is 119 Å². The minimum atomic E-state index is 0.623. The maximum Gasteiger partial charge on any atom is 0.230 e. The SMILES string of the molecule is CC(C)CCN(C)c1n[nH]c(=S)n1-c1ccccc1. The van der Waals surface area contributed by atoms with Crippen molar-refractivity contribution in [3.63, 3.8) is 0 Å². The van der Waals surface area contributed by atoms with E-state index < -0.39 is 0 Å². The van der Waals surface area contributed by atoms with Crippen LogP contribution >= 0.6 is 12.2 Å². The first-order chi connectivity index (χ1) is 9.09. The monoisotopic (exact) mass is 276 g/mol. The molecule has 0 saturated carbocycles. The summed E-state index contributed by atoms with van der Waals surface area (Å²) in [4.78, 5) is 2.14. The lowest BCUT2D eigenvalue weighted by Gasteiger charge is -2.19. The van der Waals surface area contributed by atoms with Crippen molar-refractivity contribution < 1.29 is 0 Å². The van der Waals surface area contributed by atoms with Crippen LogP contribution in [0.15, 0.2) is 30.3 Å². The number of nitrogens with zero attached hydrogens (tertiary/aromatic N) is 3. The maximum absolute atomic E-state index is 5.33. The lowest BCUT2D eigenvalue weighted by Crippen LogP contribution is -2.23. The average molecular weight is 276 g/mol. The first-order valence-corrected chi connectivity index (χ1v) is 6.94. The Hall–Kier alpha value is -1.62. The summed E-state index contributed by atoms with van der Waals surface area (Å²) in [6.07, 6.45) is 1.13. The molecule has 1 aromatic carbocycles. The van der Waals surface area contributed by atoms with E-state index in [0.717, 1.165) is 24.6 Å². The van der Waals surface area contributed by atoms with Crippen LogP contribution in [-0.4, -0.2) is 28.4 Å². The van der Waals surface area contributed by atoms with Gasteiger partial charge in [0.15, 0.2) is 0 Å². The number of hydrogen-bond donors (Lipinski definition) is 1. The highest BCUT2D eigenvalue weighted by Gasteiger charge is 2.12. The van der Waals surface area contributed by atoms with Crippen LogP contribution in [0.5, 0.6) is 0 Å². The summed E-state index contributed by atoms with van der Waals surface area (Å²) in [5.41, 5.74) is 1.03. The number of aromatic nitrogens is 3. The third-order valence-corrected chi connectivity index (χ3v) is 3.33. The second-order valence-corrected chi connectivity index (χ2v) is 5.49. The van der Waals surface area contributed by atoms with E-state index in [-0.39, 0.29) is 0 Å². The van der Waals surface area contributed by atoms with Gasteiger partial charge in [0.05, 0.1) is 5.69 Å². The van der Waals surface area contributed by atoms with Crippen LogP contribution in [0, 0.1) is 10.7 Å². The summed E-state index contributed by atoms with van der Waals surface area (Å²) in [6, 6.07) is 10.1. The van der Waals surface area contributed by atoms with Gasteiger partial charge in [0, 0.05) is 13.6 Å². The van der Waals surface area contributed by atoms with E-state index in [1.54, 1.807) is 0 Å². The lowest BCUT2D eigenvalue weighted by atomic mass is 10.1. The molecule has 2 rings (SSSR count). The van der Waals surface area contributed by atoms with Crippen LogP contribution in [0.2, 0.25) is 0 Å². The lowest BCUT2D eigenvalue weighted by molar-refractivity contribution is 0.580. The van der Waals surface area contributed by atoms with E-state index in [4.69, 9.17) is 12.2 Å². The van der Waals surface area contributed by atoms with Gasteiger partial charge in [-0.1, -0.05) is 32.0 Å². The minimum Gasteiger partial charge on any atom is -0.344 e. The second-order valence-electron chi connectivity index (χ2n) is 5.10. The van der Waals surface area contributed by atoms with Gasteiger partial charge >= 0.3 is 0 Å². The molecule has 0 aliphatic heterocycles. The fourth-order valence-corrected chi connectivity index (χ4v) is 2.14. The van der Waals surface area contributed by atoms with Crippen LogP contribution in [0.3, 0.4) is 0 Å². The van der Waals surface area contributed by atoms with Crippen molar-refractivity contribution in [3.05, 3.63) is 35.1 Å². The van der Waals surface area contributed by atoms with Gasteiger partial charge in [0.1, 0.15) is 0 Å². The number of nitrogens with one attached hydrogen (secondary N) is 1. The van der Waals surface area contributed by atoms with Gasteiger partial charge in [0.25, 0.3) is 0 Å². The van der Waals surface area contributed by atoms with Gasteiger partial charge in [-0.2, -0.15) is 0 Å². The van der Waals surface area contributed by atoms with Gasteiger partial charge in [-0.15, -0.1) is 5.10 Å². The molecule has 0 atom stereocenters. The molecule has 5 heteroatoms. The Morgan fingerprint density at radius 2 is 2.00 bits per heavy atom. The number of rotatable bonds is 5. The molecule has 0 unspecified atom stereocenters. The zero-order valence-corrected chi connectivity index (χ0v) is 12.4. The predicted molar refractivity (Wildman–Crippen MR) is 81.5 cm³/mol. The topological polar surface area (TPSA) is 36.9 Å². The number of hydrogen-bond acceptors (Lipinski definition) is 3. The van der Waals surface area contributed by atoms with Crippen LogP contribution in [0.4, 0.5) is 5.95 Å². The minimum absolute atomic E-state index is 0.623. The molecular formula is C14H20N4S. The molecule has 19 heavy (non-hydrogen) atoms. The molecule has 0 spiro atoms. The summed E-state index contributed by atoms with van der Waals surface area (Å²) in [7, 11) is 2.05. The molecule has 0 bridgehead atoms. The third-order valence-electron chi connectivity index (χ3n) is 3.05. The van der Waals surface area contributed by atoms with Gasteiger partial charge in [-0.25, -0.2) is 5.10 Å². The Morgan fingerprint density at radius 1 is 1.32 bits per heavy atom. The van der Waals surface area contributed by atoms with Crippen LogP contribution in [0.25, 0.3) is 5.69 Å². The molecule has 0 radical (unpaired) electrons. The summed E-state index contributed by atoms with van der Waals surface area (Å²) in [6.45, 7) is 5.41. The number of para-hydroxylation sites is 1. The first-order valence-electron chi connectivity index (χ1n) is 6.53. The molecule has 1 aromatic heterocycles. The van der Waals surface area contributed by atoms with Crippen molar-refractivity contribution in [1.82, 2.24) is 14.8 Å². The fourth-order valence-electron chi connectivity index (χ4n) is 1.91. The van der Waals surface area contributed by atoms with Crippen molar-refractivity contribution >= 4 is 18.2 Å². The molecule has 0 fully saturated rings. The molecular weight excluding hydrogens is 256 g/mol. The van der Waals surface area contributed by atoms with E-state index in [1.165, 1.54) is 0 Å². The van der Waals surface area contributed by atoms with E-state index in [0.29, 0.717) is 10.7 Å². The van der Waals surface area contributed by atoms with E-state index in [2.05, 4.69) is 28.9 Å². The molecule has 1 heterocycles. The molecule has 0 saturated heterocycles. The van der Waals surface area contributed by atoms with Gasteiger partial charge in [-0.3, -0.25) is 4.57 Å². The number of anilines is 1. The zero-order valence-electron chi connectivity index (χ0n) is 11.6. The molecule has 0 aliphatic carbocycles. The Bertz CT molecular complexity index is 571. The third kappa shape index (κ3) is 3.23. The van der Waals surface area contributed by atoms with Crippen molar-refractivity contribution in [2.24, 2.45) is 5.92 Å². The molecule has 0 aliphatic rings. The highest BCUT2D eigenvalue weighted by atomic mass is 32.1. The van der Waals surface area contributed by atoms with Crippen molar-refractivity contribution in [1.29, 1.82) is 0 Å². The molecule has 4 nitrogen and oxygen atoms in total. The Kier molecular flexibility index (Phi) is 4.37. The van der Waals surface area contributed by atoms with E-state index in [1.807, 2.05) is 41.9 Å². The van der Waals surface area contributed by atoms with Crippen molar-refractivity contribution in [2.75, 3.05) is 18.5 Å². The molecule has 0 amide bonds. The summed E-state index contributed by atoms with van der Waals surface area (Å²) in [5.74, 6) is 1.53. The second kappa shape index (κ2) is 6.02. The van der Waals surface area contributed by atoms with Crippen LogP contribution < -0.4 is 4.90 Å². The standard InChI is InChI=1S/C14H20N4S/c1-11(2)9-10-17(3)13-15-16-14(19)18(13)12-7-5-4-6-8-12/h4-8,11H,9-10H2,1-3H3,(H,16,19). The van der Waals surface area contributed by atoms with Gasteiger partial charge in [0.2, 0.25) is 10.7 Å². The van der Waals surface area contributed by atoms with E-state index >= 15 is 0 Å². The van der Waals surface area contributed by atoms with Crippen LogP contribution in [0.1, 0.15) is 20.3 Å². The number of benzene rings is 1. The van der Waals surface area contributed by atoms with Crippen molar-refractivity contribution in [3.8, 4) is 5.69 Å². The smallest absolute Gasteiger partial charge is 0.230 e. The summed E-state index contributed by atoms with van der Waals surface area (Å²) < 4.78 is 2.59. The molecule has 2 aromatic rings. The largest absolute Gasteiger partial charge is 0.344 e. The summed E-state index contributed by atoms with van der Waals surface area (Å²) >= 11 is 5.33. The number of H-pyrrole nitrogens is 1. The fraction of sp³-hybridized carbons (Fsp3) is 0.429.